The van der Waals surface area contributed by atoms with Crippen molar-refractivity contribution in [1.82, 2.24) is 4.90 Å². The van der Waals surface area contributed by atoms with Gasteiger partial charge in [-0.05, 0) is 20.5 Å². The van der Waals surface area contributed by atoms with Crippen LogP contribution in [0, 0.1) is 0 Å². The number of allylic oxidation sites excluding steroid dienone is 1. The number of hydrogen-bond acceptors (Lipinski definition) is 1. The second kappa shape index (κ2) is 4.33. The first-order valence-corrected chi connectivity index (χ1v) is 3.11. The van der Waals surface area contributed by atoms with Gasteiger partial charge in [0.05, 0.1) is 0 Å². The molecule has 0 aromatic carbocycles. The van der Waals surface area contributed by atoms with Gasteiger partial charge in [-0.2, -0.15) is 0 Å². The van der Waals surface area contributed by atoms with E-state index in [0.29, 0.717) is 0 Å². The molecule has 0 bridgehead atoms. The van der Waals surface area contributed by atoms with Crippen LogP contribution in [0.4, 0.5) is 0 Å². The molecule has 0 aromatic rings. The quantitative estimate of drug-likeness (QED) is 0.517. The maximum atomic E-state index is 3.80. The summed E-state index contributed by atoms with van der Waals surface area (Å²) in [6.45, 7) is 8.48. The fraction of sp³-hybridized carbons (Fsp3) is 0.500. The fourth-order valence-electron chi connectivity index (χ4n) is 0.469. The lowest BCUT2D eigenvalue weighted by molar-refractivity contribution is 0.414. The molecule has 0 spiro atoms. The Balaban J connectivity index is 3.27. The van der Waals surface area contributed by atoms with Crippen LogP contribution in [0.15, 0.2) is 24.8 Å². The highest BCUT2D eigenvalue weighted by Crippen LogP contribution is 1.97. The lowest BCUT2D eigenvalue weighted by Gasteiger charge is -2.07. The summed E-state index contributed by atoms with van der Waals surface area (Å²) in [6.07, 6.45) is 2.83. The predicted molar refractivity (Wildman–Crippen MR) is 42.5 cm³/mol. The molecule has 1 heteroatoms. The van der Waals surface area contributed by atoms with E-state index in [1.54, 1.807) is 0 Å². The van der Waals surface area contributed by atoms with Crippen molar-refractivity contribution in [3.63, 3.8) is 0 Å². The molecule has 0 N–H and O–H groups in total. The minimum Gasteiger partial charge on any atom is -0.309 e. The Bertz CT molecular complexity index is 103. The molecule has 0 amide bonds. The SMILES string of the molecule is C=CC(=C)CCN(C)C. The number of hydrogen-bond donors (Lipinski definition) is 0. The van der Waals surface area contributed by atoms with Gasteiger partial charge in [-0.25, -0.2) is 0 Å². The van der Waals surface area contributed by atoms with Crippen molar-refractivity contribution >= 4 is 0 Å². The Morgan fingerprint density at radius 1 is 1.56 bits per heavy atom. The smallest absolute Gasteiger partial charge is 0.00155 e. The van der Waals surface area contributed by atoms with E-state index in [4.69, 9.17) is 0 Å². The van der Waals surface area contributed by atoms with E-state index in [1.165, 1.54) is 0 Å². The second-order valence-corrected chi connectivity index (χ2v) is 2.42. The van der Waals surface area contributed by atoms with E-state index in [1.807, 2.05) is 6.08 Å². The van der Waals surface area contributed by atoms with Gasteiger partial charge in [-0.15, -0.1) is 0 Å². The first-order chi connectivity index (χ1) is 4.16. The van der Waals surface area contributed by atoms with E-state index >= 15 is 0 Å². The van der Waals surface area contributed by atoms with Gasteiger partial charge in [0.25, 0.3) is 0 Å². The van der Waals surface area contributed by atoms with Crippen molar-refractivity contribution in [2.75, 3.05) is 20.6 Å². The normalized spacial score (nSPS) is 9.67. The third-order valence-corrected chi connectivity index (χ3v) is 1.17. The molecule has 0 atom stereocenters. The highest BCUT2D eigenvalue weighted by molar-refractivity contribution is 5.10. The monoisotopic (exact) mass is 125 g/mol. The lowest BCUT2D eigenvalue weighted by atomic mass is 10.2. The van der Waals surface area contributed by atoms with Gasteiger partial charge in [-0.1, -0.05) is 24.8 Å². The summed E-state index contributed by atoms with van der Waals surface area (Å²) in [4.78, 5) is 2.13. The molecule has 1 nitrogen and oxygen atoms in total. The summed E-state index contributed by atoms with van der Waals surface area (Å²) in [7, 11) is 4.10. The van der Waals surface area contributed by atoms with E-state index < -0.39 is 0 Å². The lowest BCUT2D eigenvalue weighted by Crippen LogP contribution is -2.12. The maximum absolute atomic E-state index is 3.80. The van der Waals surface area contributed by atoms with Crippen LogP contribution in [0.25, 0.3) is 0 Å². The second-order valence-electron chi connectivity index (χ2n) is 2.42. The molecule has 52 valence electrons. The number of nitrogens with zero attached hydrogens (tertiary/aromatic N) is 1. The van der Waals surface area contributed by atoms with Gasteiger partial charge in [0.2, 0.25) is 0 Å². The van der Waals surface area contributed by atoms with Crippen molar-refractivity contribution in [2.24, 2.45) is 0 Å². The number of rotatable bonds is 4. The summed E-state index contributed by atoms with van der Waals surface area (Å²) in [5.74, 6) is 0. The molecular weight excluding hydrogens is 110 g/mol. The van der Waals surface area contributed by atoms with Crippen LogP contribution < -0.4 is 0 Å². The highest BCUT2D eigenvalue weighted by atomic mass is 15.0. The zero-order valence-corrected chi connectivity index (χ0v) is 6.35. The van der Waals surface area contributed by atoms with Crippen LogP contribution in [0.1, 0.15) is 6.42 Å². The molecule has 0 heterocycles. The zero-order valence-electron chi connectivity index (χ0n) is 6.35. The molecule has 0 aromatic heterocycles. The van der Waals surface area contributed by atoms with Crippen LogP contribution in [-0.4, -0.2) is 25.5 Å². The summed E-state index contributed by atoms with van der Waals surface area (Å²) in [6, 6.07) is 0. The van der Waals surface area contributed by atoms with E-state index in [0.717, 1.165) is 18.5 Å². The van der Waals surface area contributed by atoms with Gasteiger partial charge in [0.15, 0.2) is 0 Å². The van der Waals surface area contributed by atoms with Crippen LogP contribution >= 0.6 is 0 Å². The predicted octanol–water partition coefficient (Wildman–Crippen LogP) is 1.68. The molecule has 9 heavy (non-hydrogen) atoms. The summed E-state index contributed by atoms with van der Waals surface area (Å²) in [5, 5.41) is 0. The Hall–Kier alpha value is -0.560. The van der Waals surface area contributed by atoms with Crippen molar-refractivity contribution in [3.05, 3.63) is 24.8 Å². The minimum absolute atomic E-state index is 1.02. The average Bonchev–Trinajstić information content (AvgIpc) is 1.83. The molecule has 0 aliphatic rings. The molecule has 0 radical (unpaired) electrons. The van der Waals surface area contributed by atoms with E-state index in [2.05, 4.69) is 32.2 Å². The Kier molecular flexibility index (Phi) is 4.06. The van der Waals surface area contributed by atoms with Crippen LogP contribution in [0.3, 0.4) is 0 Å². The molecule has 0 saturated carbocycles. The van der Waals surface area contributed by atoms with Gasteiger partial charge < -0.3 is 4.90 Å². The zero-order chi connectivity index (χ0) is 7.28. The Labute approximate surface area is 57.7 Å². The maximum Gasteiger partial charge on any atom is 0.00155 e. The van der Waals surface area contributed by atoms with Gasteiger partial charge >= 0.3 is 0 Å². The van der Waals surface area contributed by atoms with Gasteiger partial charge in [0, 0.05) is 6.54 Å². The average molecular weight is 125 g/mol. The molecule has 0 rings (SSSR count). The van der Waals surface area contributed by atoms with E-state index in [-0.39, 0.29) is 0 Å². The standard InChI is InChI=1S/C8H15N/c1-5-8(2)6-7-9(3)4/h5H,1-2,6-7H2,3-4H3. The summed E-state index contributed by atoms with van der Waals surface area (Å²) in [5.41, 5.74) is 1.11. The van der Waals surface area contributed by atoms with Crippen molar-refractivity contribution < 1.29 is 0 Å². The van der Waals surface area contributed by atoms with Crippen molar-refractivity contribution in [3.8, 4) is 0 Å². The largest absolute Gasteiger partial charge is 0.309 e. The first-order valence-electron chi connectivity index (χ1n) is 3.11. The third-order valence-electron chi connectivity index (χ3n) is 1.17. The molecule has 0 aliphatic heterocycles. The molecular formula is C8H15N. The molecule has 0 fully saturated rings. The summed E-state index contributed by atoms with van der Waals surface area (Å²) < 4.78 is 0. The molecule has 0 unspecified atom stereocenters. The molecule has 0 saturated heterocycles. The van der Waals surface area contributed by atoms with E-state index in [9.17, 15) is 0 Å². The topological polar surface area (TPSA) is 3.24 Å². The Morgan fingerprint density at radius 3 is 2.44 bits per heavy atom. The van der Waals surface area contributed by atoms with Gasteiger partial charge in [0.1, 0.15) is 0 Å². The summed E-state index contributed by atoms with van der Waals surface area (Å²) >= 11 is 0. The van der Waals surface area contributed by atoms with Crippen molar-refractivity contribution in [1.29, 1.82) is 0 Å². The van der Waals surface area contributed by atoms with Crippen molar-refractivity contribution in [2.45, 2.75) is 6.42 Å². The van der Waals surface area contributed by atoms with Crippen LogP contribution in [0.2, 0.25) is 0 Å². The minimum atomic E-state index is 1.02. The first kappa shape index (κ1) is 8.44. The van der Waals surface area contributed by atoms with Crippen LogP contribution in [-0.2, 0) is 0 Å². The fourth-order valence-corrected chi connectivity index (χ4v) is 0.469. The van der Waals surface area contributed by atoms with Crippen LogP contribution in [0.5, 0.6) is 0 Å². The Morgan fingerprint density at radius 2 is 2.11 bits per heavy atom. The molecule has 0 aliphatic carbocycles. The van der Waals surface area contributed by atoms with Gasteiger partial charge in [-0.3, -0.25) is 0 Å². The third kappa shape index (κ3) is 5.31. The highest BCUT2D eigenvalue weighted by Gasteiger charge is 1.89.